The number of nitrogens with one attached hydrogen (secondary N) is 2. The summed E-state index contributed by atoms with van der Waals surface area (Å²) in [5, 5.41) is 24.9. The SMILES string of the molecule is CCn1cc2c3c(cc(C(=O)N[C@@H](Cc4ccccc4)[C@H](O)CNCCOC)cc31)N(C)S(=O)(=O)CC2.O=CO. The number of aliphatic hydroxyl groups is 1. The van der Waals surface area contributed by atoms with Crippen LogP contribution in [0.25, 0.3) is 10.9 Å². The van der Waals surface area contributed by atoms with Crippen molar-refractivity contribution >= 4 is 39.0 Å². The molecule has 0 unspecified atom stereocenters. The Labute approximate surface area is 234 Å². The van der Waals surface area contributed by atoms with E-state index in [1.165, 1.54) is 11.4 Å². The number of carboxylic acid groups (broad SMARTS) is 1. The van der Waals surface area contributed by atoms with Gasteiger partial charge in [0, 0.05) is 50.9 Å². The summed E-state index contributed by atoms with van der Waals surface area (Å²) in [4.78, 5) is 21.9. The van der Waals surface area contributed by atoms with Crippen LogP contribution in [0.4, 0.5) is 5.69 Å². The zero-order valence-electron chi connectivity index (χ0n) is 23.0. The van der Waals surface area contributed by atoms with Crippen LogP contribution < -0.4 is 14.9 Å². The fourth-order valence-corrected chi connectivity index (χ4v) is 6.01. The highest BCUT2D eigenvalue weighted by Crippen LogP contribution is 2.36. The fraction of sp³-hybridized carbons (Fsp3) is 0.429. The summed E-state index contributed by atoms with van der Waals surface area (Å²) < 4.78 is 34.1. The van der Waals surface area contributed by atoms with Crippen LogP contribution in [0.2, 0.25) is 0 Å². The van der Waals surface area contributed by atoms with Crippen LogP contribution >= 0.6 is 0 Å². The van der Waals surface area contributed by atoms with Crippen molar-refractivity contribution in [3.05, 3.63) is 65.4 Å². The van der Waals surface area contributed by atoms with Crippen LogP contribution in [0, 0.1) is 0 Å². The summed E-state index contributed by atoms with van der Waals surface area (Å²) in [5.41, 5.74) is 3.63. The van der Waals surface area contributed by atoms with Gasteiger partial charge in [0.2, 0.25) is 10.0 Å². The van der Waals surface area contributed by atoms with E-state index >= 15 is 0 Å². The molecule has 4 rings (SSSR count). The van der Waals surface area contributed by atoms with Crippen molar-refractivity contribution in [1.82, 2.24) is 15.2 Å². The van der Waals surface area contributed by atoms with Gasteiger partial charge in [0.05, 0.1) is 35.7 Å². The zero-order chi connectivity index (χ0) is 29.3. The maximum absolute atomic E-state index is 13.6. The van der Waals surface area contributed by atoms with Crippen LogP contribution in [0.1, 0.15) is 28.4 Å². The van der Waals surface area contributed by atoms with Gasteiger partial charge < -0.3 is 30.2 Å². The van der Waals surface area contributed by atoms with Crippen molar-refractivity contribution < 1.29 is 33.0 Å². The molecule has 0 aliphatic carbocycles. The molecule has 1 aromatic heterocycles. The summed E-state index contributed by atoms with van der Waals surface area (Å²) in [6.45, 7) is 3.84. The van der Waals surface area contributed by atoms with Crippen LogP contribution in [-0.2, 0) is 38.9 Å². The molecule has 2 atom stereocenters. The number of sulfonamides is 1. The molecule has 1 aliphatic rings. The number of carbonyl (C=O) groups excluding carboxylic acids is 1. The normalized spacial score (nSPS) is 15.4. The first kappa shape index (κ1) is 31.1. The molecule has 2 heterocycles. The second-order valence-electron chi connectivity index (χ2n) is 9.50. The highest BCUT2D eigenvalue weighted by molar-refractivity contribution is 7.92. The van der Waals surface area contributed by atoms with Gasteiger partial charge in [-0.25, -0.2) is 8.42 Å². The number of hydrogen-bond donors (Lipinski definition) is 4. The molecule has 1 amide bonds. The average molecular weight is 575 g/mol. The molecular weight excluding hydrogens is 536 g/mol. The summed E-state index contributed by atoms with van der Waals surface area (Å²) in [6, 6.07) is 12.6. The highest BCUT2D eigenvalue weighted by Gasteiger charge is 2.29. The zero-order valence-corrected chi connectivity index (χ0v) is 23.9. The lowest BCUT2D eigenvalue weighted by molar-refractivity contribution is -0.122. The number of methoxy groups -OCH3 is 1. The fourth-order valence-electron chi connectivity index (χ4n) is 4.82. The smallest absolute Gasteiger partial charge is 0.290 e. The van der Waals surface area contributed by atoms with E-state index < -0.39 is 22.2 Å². The molecule has 0 saturated carbocycles. The minimum Gasteiger partial charge on any atom is -0.483 e. The second-order valence-corrected chi connectivity index (χ2v) is 11.6. The number of carbonyl (C=O) groups is 2. The third kappa shape index (κ3) is 7.39. The number of rotatable bonds is 11. The largest absolute Gasteiger partial charge is 0.483 e. The first-order valence-corrected chi connectivity index (χ1v) is 14.7. The quantitative estimate of drug-likeness (QED) is 0.199. The lowest BCUT2D eigenvalue weighted by atomic mass is 10.00. The predicted octanol–water partition coefficient (Wildman–Crippen LogP) is 1.62. The van der Waals surface area contributed by atoms with Gasteiger partial charge in [-0.05, 0) is 43.0 Å². The molecule has 0 saturated heterocycles. The van der Waals surface area contributed by atoms with Crippen molar-refractivity contribution in [3.63, 3.8) is 0 Å². The van der Waals surface area contributed by atoms with Gasteiger partial charge in [-0.1, -0.05) is 30.3 Å². The molecule has 4 N–H and O–H groups in total. The third-order valence-electron chi connectivity index (χ3n) is 6.94. The van der Waals surface area contributed by atoms with E-state index in [0.717, 1.165) is 22.0 Å². The highest BCUT2D eigenvalue weighted by atomic mass is 32.2. The van der Waals surface area contributed by atoms with Gasteiger partial charge in [0.15, 0.2) is 0 Å². The summed E-state index contributed by atoms with van der Waals surface area (Å²) in [6.07, 6.45) is 2.01. The number of anilines is 1. The monoisotopic (exact) mass is 574 g/mol. The van der Waals surface area contributed by atoms with Crippen molar-refractivity contribution in [3.8, 4) is 0 Å². The molecule has 2 aromatic carbocycles. The van der Waals surface area contributed by atoms with Crippen molar-refractivity contribution in [1.29, 1.82) is 0 Å². The molecule has 0 spiro atoms. The standard InChI is InChI=1S/C27H36N4O5S.CH2O2/c1-4-31-18-20-10-13-37(34,35)30(2)23-15-21(16-24(31)26(20)23)27(33)29-22(14-19-8-6-5-7-9-19)25(32)17-28-11-12-36-3;2-1-3/h5-9,15-16,18,22,25,28,32H,4,10-14,17H2,1-3H3,(H,29,33);1H,(H,2,3)/t22-,25+;/m0./s1. The molecular formula is C28H38N4O7S. The maximum Gasteiger partial charge on any atom is 0.290 e. The summed E-state index contributed by atoms with van der Waals surface area (Å²) >= 11 is 0. The van der Waals surface area contributed by atoms with E-state index in [0.29, 0.717) is 43.8 Å². The number of aryl methyl sites for hydroxylation is 2. The second kappa shape index (κ2) is 14.3. The number of nitrogens with zero attached hydrogens (tertiary/aromatic N) is 2. The van der Waals surface area contributed by atoms with E-state index in [4.69, 9.17) is 14.6 Å². The Hall–Kier alpha value is -3.45. The predicted molar refractivity (Wildman–Crippen MR) is 154 cm³/mol. The third-order valence-corrected chi connectivity index (χ3v) is 8.69. The Balaban J connectivity index is 0.00000141. The Bertz CT molecular complexity index is 1390. The molecule has 40 heavy (non-hydrogen) atoms. The number of aromatic nitrogens is 1. The summed E-state index contributed by atoms with van der Waals surface area (Å²) in [5.74, 6) is -0.347. The molecule has 0 radical (unpaired) electrons. The molecule has 1 aliphatic heterocycles. The molecule has 3 aromatic rings. The van der Waals surface area contributed by atoms with Gasteiger partial charge in [0.25, 0.3) is 12.4 Å². The Morgan fingerprint density at radius 1 is 1.23 bits per heavy atom. The van der Waals surface area contributed by atoms with E-state index in [2.05, 4.69) is 10.6 Å². The average Bonchev–Trinajstić information content (AvgIpc) is 3.27. The number of ether oxygens (including phenoxy) is 1. The van der Waals surface area contributed by atoms with E-state index in [9.17, 15) is 18.3 Å². The van der Waals surface area contributed by atoms with Gasteiger partial charge in [-0.15, -0.1) is 0 Å². The van der Waals surface area contributed by atoms with E-state index in [-0.39, 0.29) is 24.7 Å². The number of hydrogen-bond acceptors (Lipinski definition) is 7. The van der Waals surface area contributed by atoms with E-state index in [1.807, 2.05) is 54.1 Å². The number of aliphatic hydroxyl groups excluding tert-OH is 1. The summed E-state index contributed by atoms with van der Waals surface area (Å²) in [7, 11) is -0.348. The van der Waals surface area contributed by atoms with Gasteiger partial charge in [-0.3, -0.25) is 13.9 Å². The molecule has 12 heteroatoms. The molecule has 0 fully saturated rings. The van der Waals surface area contributed by atoms with Gasteiger partial charge >= 0.3 is 0 Å². The van der Waals surface area contributed by atoms with Crippen LogP contribution in [0.15, 0.2) is 48.7 Å². The minimum absolute atomic E-state index is 0.0178. The minimum atomic E-state index is -3.50. The topological polar surface area (TPSA) is 150 Å². The Morgan fingerprint density at radius 3 is 2.58 bits per heavy atom. The first-order valence-electron chi connectivity index (χ1n) is 13.1. The molecule has 11 nitrogen and oxygen atoms in total. The lowest BCUT2D eigenvalue weighted by Crippen LogP contribution is -2.49. The van der Waals surface area contributed by atoms with E-state index in [1.54, 1.807) is 13.2 Å². The van der Waals surface area contributed by atoms with Crippen molar-refractivity contribution in [2.75, 3.05) is 43.9 Å². The number of amides is 1. The van der Waals surface area contributed by atoms with Crippen molar-refractivity contribution in [2.24, 2.45) is 0 Å². The van der Waals surface area contributed by atoms with Crippen LogP contribution in [0.5, 0.6) is 0 Å². The van der Waals surface area contributed by atoms with Crippen molar-refractivity contribution in [2.45, 2.75) is 38.5 Å². The van der Waals surface area contributed by atoms with Crippen LogP contribution in [-0.4, -0.2) is 87.3 Å². The first-order chi connectivity index (χ1) is 19.2. The van der Waals surface area contributed by atoms with Gasteiger partial charge in [-0.2, -0.15) is 0 Å². The Kier molecular flexibility index (Phi) is 11.1. The van der Waals surface area contributed by atoms with Gasteiger partial charge in [0.1, 0.15) is 0 Å². The number of benzene rings is 2. The molecule has 218 valence electrons. The maximum atomic E-state index is 13.6. The Morgan fingerprint density at radius 2 is 1.93 bits per heavy atom. The molecule has 0 bridgehead atoms. The van der Waals surface area contributed by atoms with Crippen LogP contribution in [0.3, 0.4) is 0 Å². The lowest BCUT2D eigenvalue weighted by Gasteiger charge is -2.25.